The molecule has 0 radical (unpaired) electrons. The van der Waals surface area contributed by atoms with E-state index in [1.54, 1.807) is 6.07 Å². The molecule has 1 aliphatic heterocycles. The van der Waals surface area contributed by atoms with Gasteiger partial charge in [0.15, 0.2) is 5.78 Å². The fourth-order valence-corrected chi connectivity index (χ4v) is 2.23. The Balaban J connectivity index is 2.12. The van der Waals surface area contributed by atoms with Crippen molar-refractivity contribution in [3.05, 3.63) is 29.3 Å². The van der Waals surface area contributed by atoms with Crippen molar-refractivity contribution >= 4 is 11.7 Å². The van der Waals surface area contributed by atoms with E-state index in [-0.39, 0.29) is 11.7 Å². The summed E-state index contributed by atoms with van der Waals surface area (Å²) in [7, 11) is 0. The van der Waals surface area contributed by atoms with E-state index in [9.17, 15) is 9.59 Å². The maximum Gasteiger partial charge on any atom is 0.220 e. The SMILES string of the molecule is Cc1ccc2c(c1)C(=O)C(NC(=O)CCCN)CCO2. The van der Waals surface area contributed by atoms with Crippen molar-refractivity contribution in [2.75, 3.05) is 13.2 Å². The van der Waals surface area contributed by atoms with Gasteiger partial charge in [-0.1, -0.05) is 11.6 Å². The van der Waals surface area contributed by atoms with Crippen LogP contribution in [0.1, 0.15) is 35.2 Å². The maximum absolute atomic E-state index is 12.5. The lowest BCUT2D eigenvalue weighted by Gasteiger charge is -2.14. The van der Waals surface area contributed by atoms with Crippen molar-refractivity contribution in [1.82, 2.24) is 5.32 Å². The number of nitrogens with one attached hydrogen (secondary N) is 1. The van der Waals surface area contributed by atoms with Crippen LogP contribution in [0.25, 0.3) is 0 Å². The van der Waals surface area contributed by atoms with Crippen molar-refractivity contribution in [3.63, 3.8) is 0 Å². The van der Waals surface area contributed by atoms with Crippen molar-refractivity contribution in [1.29, 1.82) is 0 Å². The first-order valence-corrected chi connectivity index (χ1v) is 6.89. The number of nitrogens with two attached hydrogens (primary N) is 1. The van der Waals surface area contributed by atoms with E-state index in [1.807, 2.05) is 19.1 Å². The highest BCUT2D eigenvalue weighted by atomic mass is 16.5. The molecule has 0 spiro atoms. The summed E-state index contributed by atoms with van der Waals surface area (Å²) >= 11 is 0. The molecule has 0 aromatic heterocycles. The number of ether oxygens (including phenoxy) is 1. The molecule has 20 heavy (non-hydrogen) atoms. The average Bonchev–Trinajstić information content (AvgIpc) is 2.58. The van der Waals surface area contributed by atoms with E-state index in [4.69, 9.17) is 10.5 Å². The normalized spacial score (nSPS) is 17.9. The van der Waals surface area contributed by atoms with Crippen molar-refractivity contribution < 1.29 is 14.3 Å². The second kappa shape index (κ2) is 6.52. The van der Waals surface area contributed by atoms with Crippen molar-refractivity contribution in [3.8, 4) is 5.75 Å². The first-order chi connectivity index (χ1) is 9.61. The van der Waals surface area contributed by atoms with Gasteiger partial charge < -0.3 is 15.8 Å². The lowest BCUT2D eigenvalue weighted by molar-refractivity contribution is -0.121. The van der Waals surface area contributed by atoms with E-state index in [2.05, 4.69) is 5.32 Å². The smallest absolute Gasteiger partial charge is 0.220 e. The molecule has 5 heteroatoms. The zero-order valence-electron chi connectivity index (χ0n) is 11.6. The molecule has 0 bridgehead atoms. The van der Waals surface area contributed by atoms with Crippen LogP contribution in [0.4, 0.5) is 0 Å². The largest absolute Gasteiger partial charge is 0.493 e. The van der Waals surface area contributed by atoms with Gasteiger partial charge in [-0.3, -0.25) is 9.59 Å². The summed E-state index contributed by atoms with van der Waals surface area (Å²) in [5, 5.41) is 2.78. The number of carbonyl (C=O) groups is 2. The Morgan fingerprint density at radius 2 is 2.30 bits per heavy atom. The van der Waals surface area contributed by atoms with Gasteiger partial charge in [-0.05, 0) is 32.0 Å². The lowest BCUT2D eigenvalue weighted by atomic mass is 10.00. The summed E-state index contributed by atoms with van der Waals surface area (Å²) in [5.41, 5.74) is 6.92. The summed E-state index contributed by atoms with van der Waals surface area (Å²) in [6.07, 6.45) is 1.46. The highest BCUT2D eigenvalue weighted by Gasteiger charge is 2.27. The summed E-state index contributed by atoms with van der Waals surface area (Å²) < 4.78 is 5.57. The van der Waals surface area contributed by atoms with Crippen molar-refractivity contribution in [2.45, 2.75) is 32.2 Å². The number of carbonyl (C=O) groups excluding carboxylic acids is 2. The molecule has 3 N–H and O–H groups in total. The lowest BCUT2D eigenvalue weighted by Crippen LogP contribution is -2.41. The Kier molecular flexibility index (Phi) is 4.74. The van der Waals surface area contributed by atoms with E-state index in [1.165, 1.54) is 0 Å². The Hall–Kier alpha value is -1.88. The van der Waals surface area contributed by atoms with Gasteiger partial charge in [0.05, 0.1) is 18.2 Å². The topological polar surface area (TPSA) is 81.4 Å². The van der Waals surface area contributed by atoms with Crippen LogP contribution in [0.3, 0.4) is 0 Å². The molecule has 0 aliphatic carbocycles. The molecule has 1 aliphatic rings. The Bertz CT molecular complexity index is 514. The quantitative estimate of drug-likeness (QED) is 0.865. The van der Waals surface area contributed by atoms with Crippen LogP contribution in [0.5, 0.6) is 5.75 Å². The fraction of sp³-hybridized carbons (Fsp3) is 0.467. The summed E-state index contributed by atoms with van der Waals surface area (Å²) in [6.45, 7) is 2.81. The standard InChI is InChI=1S/C15H20N2O3/c1-10-4-5-13-11(9-10)15(19)12(6-8-20-13)17-14(18)3-2-7-16/h4-5,9,12H,2-3,6-8,16H2,1H3,(H,17,18). The highest BCUT2D eigenvalue weighted by Crippen LogP contribution is 2.25. The summed E-state index contributed by atoms with van der Waals surface area (Å²) in [4.78, 5) is 24.2. The molecular formula is C15H20N2O3. The molecule has 1 amide bonds. The van der Waals surface area contributed by atoms with Gasteiger partial charge in [0, 0.05) is 12.8 Å². The number of hydrogen-bond acceptors (Lipinski definition) is 4. The average molecular weight is 276 g/mol. The number of rotatable bonds is 4. The molecule has 0 saturated carbocycles. The van der Waals surface area contributed by atoms with Crippen LogP contribution in [0.2, 0.25) is 0 Å². The van der Waals surface area contributed by atoms with Gasteiger partial charge >= 0.3 is 0 Å². The number of ketones is 1. The van der Waals surface area contributed by atoms with Gasteiger partial charge in [-0.15, -0.1) is 0 Å². The monoisotopic (exact) mass is 276 g/mol. The van der Waals surface area contributed by atoms with Gasteiger partial charge in [0.2, 0.25) is 5.91 Å². The second-order valence-corrected chi connectivity index (χ2v) is 5.01. The number of amides is 1. The molecule has 1 unspecified atom stereocenters. The minimum atomic E-state index is -0.511. The van der Waals surface area contributed by atoms with Crippen LogP contribution < -0.4 is 15.8 Å². The maximum atomic E-state index is 12.5. The Morgan fingerprint density at radius 1 is 1.50 bits per heavy atom. The van der Waals surface area contributed by atoms with E-state index < -0.39 is 6.04 Å². The first-order valence-electron chi connectivity index (χ1n) is 6.89. The second-order valence-electron chi connectivity index (χ2n) is 5.01. The van der Waals surface area contributed by atoms with E-state index in [0.29, 0.717) is 43.7 Å². The third-order valence-electron chi connectivity index (χ3n) is 3.32. The molecule has 1 heterocycles. The zero-order valence-corrected chi connectivity index (χ0v) is 11.6. The zero-order chi connectivity index (χ0) is 14.5. The molecular weight excluding hydrogens is 256 g/mol. The van der Waals surface area contributed by atoms with Crippen LogP contribution in [-0.2, 0) is 4.79 Å². The van der Waals surface area contributed by atoms with Crippen LogP contribution in [-0.4, -0.2) is 30.9 Å². The minimum absolute atomic E-state index is 0.0812. The predicted octanol–water partition coefficient (Wildman–Crippen LogP) is 1.18. The molecule has 1 atom stereocenters. The molecule has 1 aromatic rings. The number of benzene rings is 1. The molecule has 108 valence electrons. The van der Waals surface area contributed by atoms with Crippen LogP contribution in [0.15, 0.2) is 18.2 Å². The van der Waals surface area contributed by atoms with E-state index in [0.717, 1.165) is 5.56 Å². The minimum Gasteiger partial charge on any atom is -0.493 e. The molecule has 2 rings (SSSR count). The van der Waals surface area contributed by atoms with Gasteiger partial charge in [-0.25, -0.2) is 0 Å². The number of hydrogen-bond donors (Lipinski definition) is 2. The third-order valence-corrected chi connectivity index (χ3v) is 3.32. The van der Waals surface area contributed by atoms with Gasteiger partial charge in [-0.2, -0.15) is 0 Å². The molecule has 0 saturated heterocycles. The summed E-state index contributed by atoms with van der Waals surface area (Å²) in [5.74, 6) is 0.381. The van der Waals surface area contributed by atoms with Crippen LogP contribution >= 0.6 is 0 Å². The first kappa shape index (κ1) is 14.5. The molecule has 0 fully saturated rings. The number of Topliss-reactive ketones (excluding diaryl/α,β-unsaturated/α-hetero) is 1. The summed E-state index contributed by atoms with van der Waals surface area (Å²) in [6, 6.07) is 5.01. The number of aryl methyl sites for hydroxylation is 1. The van der Waals surface area contributed by atoms with Gasteiger partial charge in [0.1, 0.15) is 5.75 Å². The Labute approximate surface area is 118 Å². The molecule has 1 aromatic carbocycles. The predicted molar refractivity (Wildman–Crippen MR) is 75.8 cm³/mol. The Morgan fingerprint density at radius 3 is 3.05 bits per heavy atom. The third kappa shape index (κ3) is 3.36. The fourth-order valence-electron chi connectivity index (χ4n) is 2.23. The molecule has 5 nitrogen and oxygen atoms in total. The highest BCUT2D eigenvalue weighted by molar-refractivity contribution is 6.04. The van der Waals surface area contributed by atoms with Crippen LogP contribution in [0, 0.1) is 6.92 Å². The van der Waals surface area contributed by atoms with Gasteiger partial charge in [0.25, 0.3) is 0 Å². The number of fused-ring (bicyclic) bond motifs is 1. The van der Waals surface area contributed by atoms with Crippen molar-refractivity contribution in [2.24, 2.45) is 5.73 Å². The van der Waals surface area contributed by atoms with E-state index >= 15 is 0 Å².